The molecule has 10 heavy (non-hydrogen) atoms. The number of nitrogens with one attached hydrogen (secondary N) is 1. The maximum Gasteiger partial charge on any atom is 0.259 e. The molecule has 58 valence electrons. The third-order valence-electron chi connectivity index (χ3n) is 1.53. The van der Waals surface area contributed by atoms with Gasteiger partial charge in [-0.3, -0.25) is 10.1 Å². The second kappa shape index (κ2) is 3.48. The van der Waals surface area contributed by atoms with Gasteiger partial charge in [0.1, 0.15) is 0 Å². The van der Waals surface area contributed by atoms with Gasteiger partial charge in [0.15, 0.2) is 0 Å². The van der Waals surface area contributed by atoms with E-state index in [-0.39, 0.29) is 11.6 Å². The zero-order valence-electron chi connectivity index (χ0n) is 5.75. The van der Waals surface area contributed by atoms with Crippen LogP contribution in [0.3, 0.4) is 0 Å². The Morgan fingerprint density at radius 1 is 1.50 bits per heavy atom. The number of hydrogen-bond donors (Lipinski definition) is 1. The van der Waals surface area contributed by atoms with Gasteiger partial charge in [-0.1, -0.05) is 0 Å². The van der Waals surface area contributed by atoms with Gasteiger partial charge in [-0.25, -0.2) is 4.90 Å². The van der Waals surface area contributed by atoms with Crippen LogP contribution in [0, 0.1) is 10.1 Å². The van der Waals surface area contributed by atoms with Gasteiger partial charge >= 0.3 is 0 Å². The van der Waals surface area contributed by atoms with Crippen LogP contribution in [-0.4, -0.2) is 42.7 Å². The molecule has 0 unspecified atom stereocenters. The zero-order valence-corrected chi connectivity index (χ0v) is 5.75. The van der Waals surface area contributed by atoms with Crippen LogP contribution in [0.25, 0.3) is 0 Å². The second-order valence-electron chi connectivity index (χ2n) is 2.34. The molecule has 0 radical (unpaired) electrons. The molecule has 5 nitrogen and oxygen atoms in total. The quantitative estimate of drug-likeness (QED) is 0.405. The van der Waals surface area contributed by atoms with Crippen molar-refractivity contribution in [3.05, 3.63) is 10.1 Å². The first-order chi connectivity index (χ1) is 4.79. The largest absolute Gasteiger partial charge is 0.314 e. The van der Waals surface area contributed by atoms with Gasteiger partial charge in [0.2, 0.25) is 0 Å². The fourth-order valence-corrected chi connectivity index (χ4v) is 1.02. The average molecular weight is 145 g/mol. The van der Waals surface area contributed by atoms with Crippen molar-refractivity contribution < 1.29 is 4.92 Å². The summed E-state index contributed by atoms with van der Waals surface area (Å²) in [6.45, 7) is 3.31. The Bertz CT molecular complexity index is 122. The predicted molar refractivity (Wildman–Crippen MR) is 36.3 cm³/mol. The summed E-state index contributed by atoms with van der Waals surface area (Å²) in [4.78, 5) is 11.6. The topological polar surface area (TPSA) is 58.4 Å². The summed E-state index contributed by atoms with van der Waals surface area (Å²) in [5, 5.41) is 13.1. The third kappa shape index (κ3) is 2.28. The molecule has 0 spiro atoms. The molecule has 1 heterocycles. The highest BCUT2D eigenvalue weighted by Crippen LogP contribution is 1.90. The summed E-state index contributed by atoms with van der Waals surface area (Å²) in [5.74, 6) is 0. The molecule has 5 heteroatoms. The molecule has 1 aliphatic heterocycles. The van der Waals surface area contributed by atoms with Crippen LogP contribution in [0.1, 0.15) is 0 Å². The first-order valence-electron chi connectivity index (χ1n) is 3.34. The molecule has 0 amide bonds. The van der Waals surface area contributed by atoms with E-state index in [2.05, 4.69) is 5.32 Å². The maximum absolute atomic E-state index is 10.0. The third-order valence-corrected chi connectivity index (χ3v) is 1.53. The minimum atomic E-state index is -0.286. The van der Waals surface area contributed by atoms with Crippen LogP contribution in [0.15, 0.2) is 0 Å². The van der Waals surface area contributed by atoms with Crippen LogP contribution in [0.4, 0.5) is 0 Å². The smallest absolute Gasteiger partial charge is 0.259 e. The lowest BCUT2D eigenvalue weighted by molar-refractivity contribution is -0.504. The van der Waals surface area contributed by atoms with Crippen molar-refractivity contribution in [3.63, 3.8) is 0 Å². The van der Waals surface area contributed by atoms with Gasteiger partial charge in [-0.15, -0.1) is 0 Å². The molecule has 0 aromatic carbocycles. The molecule has 0 atom stereocenters. The van der Waals surface area contributed by atoms with E-state index in [9.17, 15) is 10.1 Å². The van der Waals surface area contributed by atoms with E-state index >= 15 is 0 Å². The fraction of sp³-hybridized carbons (Fsp3) is 1.00. The molecular weight excluding hydrogens is 134 g/mol. The summed E-state index contributed by atoms with van der Waals surface area (Å²) >= 11 is 0. The lowest BCUT2D eigenvalue weighted by Crippen LogP contribution is -2.45. The van der Waals surface area contributed by atoms with Gasteiger partial charge < -0.3 is 5.32 Å². The molecule has 1 N–H and O–H groups in total. The number of nitro groups is 1. The van der Waals surface area contributed by atoms with E-state index in [4.69, 9.17) is 0 Å². The van der Waals surface area contributed by atoms with Gasteiger partial charge in [0.25, 0.3) is 6.67 Å². The van der Waals surface area contributed by atoms with Crippen molar-refractivity contribution in [2.75, 3.05) is 32.8 Å². The van der Waals surface area contributed by atoms with Crippen molar-refractivity contribution in [1.82, 2.24) is 10.2 Å². The molecule has 1 fully saturated rings. The molecule has 1 rings (SSSR count). The Morgan fingerprint density at radius 2 is 2.10 bits per heavy atom. The summed E-state index contributed by atoms with van der Waals surface area (Å²) < 4.78 is 0. The molecule has 0 aliphatic carbocycles. The predicted octanol–water partition coefficient (Wildman–Crippen LogP) is -0.874. The first kappa shape index (κ1) is 7.43. The van der Waals surface area contributed by atoms with Crippen LogP contribution in [0.2, 0.25) is 0 Å². The molecule has 0 saturated carbocycles. The molecule has 0 aromatic rings. The Morgan fingerprint density at radius 3 is 2.60 bits per heavy atom. The Labute approximate surface area is 59.2 Å². The van der Waals surface area contributed by atoms with Gasteiger partial charge in [0, 0.05) is 31.1 Å². The maximum atomic E-state index is 10.0. The number of hydrogen-bond acceptors (Lipinski definition) is 4. The Balaban J connectivity index is 2.19. The lowest BCUT2D eigenvalue weighted by atomic mass is 10.4. The standard InChI is InChI=1S/C5H11N3O2/c9-8(10)5-7-3-1-6-2-4-7/h6H,1-5H2. The zero-order chi connectivity index (χ0) is 7.40. The highest BCUT2D eigenvalue weighted by atomic mass is 16.6. The van der Waals surface area contributed by atoms with Crippen LogP contribution >= 0.6 is 0 Å². The second-order valence-corrected chi connectivity index (χ2v) is 2.34. The highest BCUT2D eigenvalue weighted by Gasteiger charge is 2.12. The van der Waals surface area contributed by atoms with E-state index in [1.54, 1.807) is 0 Å². The van der Waals surface area contributed by atoms with E-state index in [0.717, 1.165) is 26.2 Å². The summed E-state index contributed by atoms with van der Waals surface area (Å²) in [5.41, 5.74) is 0. The number of rotatable bonds is 2. The summed E-state index contributed by atoms with van der Waals surface area (Å²) in [7, 11) is 0. The van der Waals surface area contributed by atoms with Crippen LogP contribution in [-0.2, 0) is 0 Å². The molecule has 0 bridgehead atoms. The van der Waals surface area contributed by atoms with E-state index < -0.39 is 0 Å². The van der Waals surface area contributed by atoms with Crippen molar-refractivity contribution in [3.8, 4) is 0 Å². The minimum absolute atomic E-state index is 0.0122. The van der Waals surface area contributed by atoms with E-state index in [1.165, 1.54) is 0 Å². The van der Waals surface area contributed by atoms with Gasteiger partial charge in [-0.05, 0) is 0 Å². The van der Waals surface area contributed by atoms with Crippen molar-refractivity contribution >= 4 is 0 Å². The van der Waals surface area contributed by atoms with Crippen molar-refractivity contribution in [2.45, 2.75) is 0 Å². The molecular formula is C5H11N3O2. The monoisotopic (exact) mass is 145 g/mol. The summed E-state index contributed by atoms with van der Waals surface area (Å²) in [6, 6.07) is 0. The molecule has 1 aliphatic rings. The van der Waals surface area contributed by atoms with E-state index in [1.807, 2.05) is 4.90 Å². The first-order valence-corrected chi connectivity index (χ1v) is 3.34. The average Bonchev–Trinajstić information content (AvgIpc) is 1.88. The Kier molecular flexibility index (Phi) is 2.58. The number of piperazine rings is 1. The SMILES string of the molecule is O=[N+]([O-])CN1CCNCC1. The van der Waals surface area contributed by atoms with Crippen molar-refractivity contribution in [2.24, 2.45) is 0 Å². The van der Waals surface area contributed by atoms with Crippen LogP contribution in [0.5, 0.6) is 0 Å². The minimum Gasteiger partial charge on any atom is -0.314 e. The number of nitrogens with zero attached hydrogens (tertiary/aromatic N) is 2. The fourth-order valence-electron chi connectivity index (χ4n) is 1.02. The Hall–Kier alpha value is -0.680. The van der Waals surface area contributed by atoms with Crippen molar-refractivity contribution in [1.29, 1.82) is 0 Å². The van der Waals surface area contributed by atoms with Gasteiger partial charge in [0.05, 0.1) is 0 Å². The molecule has 1 saturated heterocycles. The van der Waals surface area contributed by atoms with E-state index in [0.29, 0.717) is 0 Å². The highest BCUT2D eigenvalue weighted by molar-refractivity contribution is 4.63. The van der Waals surface area contributed by atoms with Crippen LogP contribution < -0.4 is 5.32 Å². The lowest BCUT2D eigenvalue weighted by Gasteiger charge is -2.22. The normalized spacial score (nSPS) is 20.8. The van der Waals surface area contributed by atoms with Gasteiger partial charge in [-0.2, -0.15) is 0 Å². The summed E-state index contributed by atoms with van der Waals surface area (Å²) in [6.07, 6.45) is 0. The molecule has 0 aromatic heterocycles.